The molecule has 96 valence electrons. The molecule has 1 fully saturated rings. The Hall–Kier alpha value is -1.07. The van der Waals surface area contributed by atoms with Crippen LogP contribution in [-0.2, 0) is 7.05 Å². The van der Waals surface area contributed by atoms with E-state index >= 15 is 0 Å². The van der Waals surface area contributed by atoms with E-state index in [1.54, 1.807) is 10.9 Å². The van der Waals surface area contributed by atoms with E-state index in [-0.39, 0.29) is 24.4 Å². The SMILES string of the molecule is Cc1nn(C)cc1C(=O)N1CCNC[C@@H]1C.Cl. The number of carbonyl (C=O) groups excluding carboxylic acids is 1. The highest BCUT2D eigenvalue weighted by Crippen LogP contribution is 2.12. The van der Waals surface area contributed by atoms with Crippen molar-refractivity contribution in [1.82, 2.24) is 20.0 Å². The summed E-state index contributed by atoms with van der Waals surface area (Å²) in [5.41, 5.74) is 1.52. The highest BCUT2D eigenvalue weighted by atomic mass is 35.5. The van der Waals surface area contributed by atoms with Gasteiger partial charge in [0.05, 0.1) is 11.3 Å². The van der Waals surface area contributed by atoms with Crippen molar-refractivity contribution >= 4 is 18.3 Å². The van der Waals surface area contributed by atoms with E-state index < -0.39 is 0 Å². The highest BCUT2D eigenvalue weighted by molar-refractivity contribution is 5.95. The molecule has 5 nitrogen and oxygen atoms in total. The lowest BCUT2D eigenvalue weighted by molar-refractivity contribution is 0.0655. The van der Waals surface area contributed by atoms with Crippen LogP contribution in [0.15, 0.2) is 6.20 Å². The maximum absolute atomic E-state index is 12.3. The van der Waals surface area contributed by atoms with Crippen LogP contribution in [0.3, 0.4) is 0 Å². The summed E-state index contributed by atoms with van der Waals surface area (Å²) in [4.78, 5) is 14.2. The molecule has 0 aromatic carbocycles. The van der Waals surface area contributed by atoms with Gasteiger partial charge < -0.3 is 10.2 Å². The average Bonchev–Trinajstić information content (AvgIpc) is 2.58. The molecule has 1 aliphatic rings. The Kier molecular flexibility index (Phi) is 4.54. The molecule has 0 aliphatic carbocycles. The third-order valence-corrected chi connectivity index (χ3v) is 3.01. The van der Waals surface area contributed by atoms with Crippen molar-refractivity contribution < 1.29 is 4.79 Å². The summed E-state index contributed by atoms with van der Waals surface area (Å²) in [6, 6.07) is 0.251. The predicted molar refractivity (Wildman–Crippen MR) is 68.6 cm³/mol. The Bertz CT molecular complexity index is 404. The summed E-state index contributed by atoms with van der Waals surface area (Å²) in [5, 5.41) is 7.48. The normalized spacial score (nSPS) is 19.9. The van der Waals surface area contributed by atoms with Crippen molar-refractivity contribution in [2.24, 2.45) is 7.05 Å². The number of amides is 1. The number of hydrogen-bond acceptors (Lipinski definition) is 3. The van der Waals surface area contributed by atoms with E-state index in [1.807, 2.05) is 18.9 Å². The van der Waals surface area contributed by atoms with Crippen molar-refractivity contribution in [3.63, 3.8) is 0 Å². The maximum atomic E-state index is 12.3. The van der Waals surface area contributed by atoms with Gasteiger partial charge in [-0.1, -0.05) is 0 Å². The lowest BCUT2D eigenvalue weighted by atomic mass is 10.1. The maximum Gasteiger partial charge on any atom is 0.257 e. The second-order valence-electron chi connectivity index (χ2n) is 4.35. The van der Waals surface area contributed by atoms with Gasteiger partial charge in [0, 0.05) is 38.9 Å². The molecule has 0 radical (unpaired) electrons. The molecule has 1 atom stereocenters. The number of aryl methyl sites for hydroxylation is 2. The van der Waals surface area contributed by atoms with Gasteiger partial charge >= 0.3 is 0 Å². The Labute approximate surface area is 108 Å². The van der Waals surface area contributed by atoms with E-state index in [1.165, 1.54) is 0 Å². The molecule has 1 aromatic heterocycles. The van der Waals surface area contributed by atoms with Crippen LogP contribution in [0, 0.1) is 6.92 Å². The largest absolute Gasteiger partial charge is 0.333 e. The lowest BCUT2D eigenvalue weighted by Gasteiger charge is -2.33. The first-order valence-corrected chi connectivity index (χ1v) is 5.61. The third-order valence-electron chi connectivity index (χ3n) is 3.01. The smallest absolute Gasteiger partial charge is 0.257 e. The number of piperazine rings is 1. The monoisotopic (exact) mass is 258 g/mol. The minimum absolute atomic E-state index is 0. The van der Waals surface area contributed by atoms with Crippen molar-refractivity contribution in [2.45, 2.75) is 19.9 Å². The summed E-state index contributed by atoms with van der Waals surface area (Å²) >= 11 is 0. The molecule has 1 amide bonds. The van der Waals surface area contributed by atoms with Crippen LogP contribution in [-0.4, -0.2) is 46.3 Å². The van der Waals surface area contributed by atoms with Crippen LogP contribution in [0.2, 0.25) is 0 Å². The zero-order valence-corrected chi connectivity index (χ0v) is 11.3. The molecule has 0 saturated carbocycles. The van der Waals surface area contributed by atoms with Gasteiger partial charge in [0.1, 0.15) is 0 Å². The fourth-order valence-corrected chi connectivity index (χ4v) is 2.11. The summed E-state index contributed by atoms with van der Waals surface area (Å²) in [5.74, 6) is 0.0969. The Morgan fingerprint density at radius 2 is 2.29 bits per heavy atom. The number of hydrogen-bond donors (Lipinski definition) is 1. The molecule has 2 rings (SSSR count). The van der Waals surface area contributed by atoms with E-state index in [4.69, 9.17) is 0 Å². The number of aromatic nitrogens is 2. The zero-order chi connectivity index (χ0) is 11.7. The summed E-state index contributed by atoms with van der Waals surface area (Å²) in [6.45, 7) is 6.45. The summed E-state index contributed by atoms with van der Waals surface area (Å²) < 4.78 is 1.69. The topological polar surface area (TPSA) is 50.2 Å². The number of carbonyl (C=O) groups is 1. The molecule has 0 bridgehead atoms. The van der Waals surface area contributed by atoms with Crippen molar-refractivity contribution in [3.05, 3.63) is 17.5 Å². The van der Waals surface area contributed by atoms with Crippen LogP contribution in [0.5, 0.6) is 0 Å². The first-order chi connectivity index (χ1) is 7.59. The van der Waals surface area contributed by atoms with E-state index in [9.17, 15) is 4.79 Å². The first-order valence-electron chi connectivity index (χ1n) is 5.61. The number of rotatable bonds is 1. The van der Waals surface area contributed by atoms with Crippen molar-refractivity contribution in [2.75, 3.05) is 19.6 Å². The molecule has 1 aromatic rings. The van der Waals surface area contributed by atoms with Gasteiger partial charge in [-0.25, -0.2) is 0 Å². The van der Waals surface area contributed by atoms with E-state index in [0.717, 1.165) is 30.9 Å². The van der Waals surface area contributed by atoms with Gasteiger partial charge in [-0.2, -0.15) is 5.10 Å². The second-order valence-corrected chi connectivity index (χ2v) is 4.35. The highest BCUT2D eigenvalue weighted by Gasteiger charge is 2.26. The molecule has 6 heteroatoms. The van der Waals surface area contributed by atoms with Gasteiger partial charge in [-0.15, -0.1) is 12.4 Å². The fraction of sp³-hybridized carbons (Fsp3) is 0.636. The van der Waals surface area contributed by atoms with Gasteiger partial charge in [0.15, 0.2) is 0 Å². The molecular weight excluding hydrogens is 240 g/mol. The minimum atomic E-state index is 0. The molecule has 1 N–H and O–H groups in total. The van der Waals surface area contributed by atoms with Crippen LogP contribution < -0.4 is 5.32 Å². The molecule has 1 saturated heterocycles. The van der Waals surface area contributed by atoms with Gasteiger partial charge in [0.2, 0.25) is 0 Å². The quantitative estimate of drug-likeness (QED) is 0.802. The molecule has 1 aliphatic heterocycles. The molecule has 0 unspecified atom stereocenters. The average molecular weight is 259 g/mol. The Morgan fingerprint density at radius 1 is 1.59 bits per heavy atom. The molecule has 0 spiro atoms. The molecule has 17 heavy (non-hydrogen) atoms. The lowest BCUT2D eigenvalue weighted by Crippen LogP contribution is -2.52. The zero-order valence-electron chi connectivity index (χ0n) is 10.4. The van der Waals surface area contributed by atoms with Crippen molar-refractivity contribution in [3.8, 4) is 0 Å². The third kappa shape index (κ3) is 2.79. The Morgan fingerprint density at radius 3 is 2.82 bits per heavy atom. The number of nitrogens with zero attached hydrogens (tertiary/aromatic N) is 3. The standard InChI is InChI=1S/C11H18N4O.ClH/c1-8-6-12-4-5-15(8)11(16)10-7-14(3)13-9(10)2;/h7-8,12H,4-6H2,1-3H3;1H/t8-;/m0./s1. The van der Waals surface area contributed by atoms with E-state index in [0.29, 0.717) is 0 Å². The summed E-state index contributed by atoms with van der Waals surface area (Å²) in [7, 11) is 1.84. The molecular formula is C11H19ClN4O. The predicted octanol–water partition coefficient (Wildman–Crippen LogP) is 0.584. The van der Waals surface area contributed by atoms with Crippen molar-refractivity contribution in [1.29, 1.82) is 0 Å². The second kappa shape index (κ2) is 5.51. The molecule has 2 heterocycles. The number of halogens is 1. The van der Waals surface area contributed by atoms with Gasteiger partial charge in [0.25, 0.3) is 5.91 Å². The minimum Gasteiger partial charge on any atom is -0.333 e. The first kappa shape index (κ1) is 14.0. The summed E-state index contributed by atoms with van der Waals surface area (Å²) in [6.07, 6.45) is 1.80. The van der Waals surface area contributed by atoms with Crippen LogP contribution in [0.4, 0.5) is 0 Å². The Balaban J connectivity index is 0.00000144. The van der Waals surface area contributed by atoms with Crippen LogP contribution in [0.1, 0.15) is 23.0 Å². The number of nitrogens with one attached hydrogen (secondary N) is 1. The van der Waals surface area contributed by atoms with Crippen LogP contribution >= 0.6 is 12.4 Å². The van der Waals surface area contributed by atoms with E-state index in [2.05, 4.69) is 17.3 Å². The van der Waals surface area contributed by atoms with Gasteiger partial charge in [-0.05, 0) is 13.8 Å². The van der Waals surface area contributed by atoms with Gasteiger partial charge in [-0.3, -0.25) is 9.48 Å². The van der Waals surface area contributed by atoms with Crippen LogP contribution in [0.25, 0.3) is 0 Å². The fourth-order valence-electron chi connectivity index (χ4n) is 2.11.